The van der Waals surface area contributed by atoms with Gasteiger partial charge in [-0.25, -0.2) is 9.78 Å². The summed E-state index contributed by atoms with van der Waals surface area (Å²) >= 11 is 1.68. The number of pyridine rings is 1. The number of imidazole rings is 1. The quantitative estimate of drug-likeness (QED) is 0.504. The fraction of sp³-hybridized carbons (Fsp3) is 0.0952. The molecule has 0 spiro atoms. The summed E-state index contributed by atoms with van der Waals surface area (Å²) in [4.78, 5) is 20.0. The van der Waals surface area contributed by atoms with E-state index in [4.69, 9.17) is 10.1 Å². The number of carbonyl (C=O) groups is 1. The fourth-order valence-electron chi connectivity index (χ4n) is 2.87. The molecule has 2 heterocycles. The highest BCUT2D eigenvalue weighted by atomic mass is 32.2. The van der Waals surface area contributed by atoms with Gasteiger partial charge in [-0.2, -0.15) is 0 Å². The van der Waals surface area contributed by atoms with Crippen molar-refractivity contribution in [2.75, 3.05) is 0 Å². The highest BCUT2D eigenvalue weighted by molar-refractivity contribution is 7.98. The Kier molecular flexibility index (Phi) is 4.89. The molecular weight excluding hydrogens is 358 g/mol. The molecule has 0 aliphatic carbocycles. The number of nitrogens with zero attached hydrogens (tertiary/aromatic N) is 3. The van der Waals surface area contributed by atoms with E-state index in [1.807, 2.05) is 42.6 Å². The average molecular weight is 375 g/mol. The predicted octanol–water partition coefficient (Wildman–Crippen LogP) is 4.47. The van der Waals surface area contributed by atoms with Crippen LogP contribution in [0.15, 0.2) is 78.2 Å². The van der Waals surface area contributed by atoms with Crippen LogP contribution in [0.1, 0.15) is 21.5 Å². The molecule has 5 nitrogen and oxygen atoms in total. The summed E-state index contributed by atoms with van der Waals surface area (Å²) in [6, 6.07) is 19.1. The van der Waals surface area contributed by atoms with Crippen LogP contribution in [-0.2, 0) is 12.3 Å². The molecule has 0 atom stereocenters. The van der Waals surface area contributed by atoms with Crippen LogP contribution in [0.3, 0.4) is 0 Å². The molecule has 1 N–H and O–H groups in total. The minimum atomic E-state index is -0.919. The van der Waals surface area contributed by atoms with Crippen LogP contribution in [0.4, 0.5) is 0 Å². The Labute approximate surface area is 160 Å². The highest BCUT2D eigenvalue weighted by Gasteiger charge is 2.12. The summed E-state index contributed by atoms with van der Waals surface area (Å²) in [7, 11) is 0. The molecule has 4 aromatic rings. The Morgan fingerprint density at radius 2 is 1.78 bits per heavy atom. The van der Waals surface area contributed by atoms with Crippen molar-refractivity contribution in [2.45, 2.75) is 17.5 Å². The number of fused-ring (bicyclic) bond motifs is 1. The number of thioether (sulfide) groups is 1. The lowest BCUT2D eigenvalue weighted by atomic mass is 10.1. The smallest absolute Gasteiger partial charge is 0.335 e. The first-order valence-electron chi connectivity index (χ1n) is 8.50. The normalized spacial score (nSPS) is 11.0. The molecule has 0 aliphatic rings. The van der Waals surface area contributed by atoms with Gasteiger partial charge < -0.3 is 9.67 Å². The lowest BCUT2D eigenvalue weighted by Gasteiger charge is -2.09. The van der Waals surface area contributed by atoms with Gasteiger partial charge in [-0.05, 0) is 29.3 Å². The number of rotatable bonds is 6. The summed E-state index contributed by atoms with van der Waals surface area (Å²) in [5, 5.41) is 9.99. The van der Waals surface area contributed by atoms with Crippen molar-refractivity contribution in [1.29, 1.82) is 0 Å². The number of aromatic nitrogens is 3. The van der Waals surface area contributed by atoms with E-state index in [-0.39, 0.29) is 5.56 Å². The third-order valence-corrected chi connectivity index (χ3v) is 5.32. The first kappa shape index (κ1) is 17.3. The van der Waals surface area contributed by atoms with E-state index in [0.29, 0.717) is 6.54 Å². The van der Waals surface area contributed by atoms with Gasteiger partial charge in [0.25, 0.3) is 0 Å². The second-order valence-corrected chi connectivity index (χ2v) is 7.06. The van der Waals surface area contributed by atoms with Crippen LogP contribution in [0.2, 0.25) is 0 Å². The molecule has 0 bridgehead atoms. The Morgan fingerprint density at radius 3 is 2.52 bits per heavy atom. The van der Waals surface area contributed by atoms with Crippen molar-refractivity contribution in [1.82, 2.24) is 14.5 Å². The Bertz CT molecular complexity index is 1080. The zero-order chi connectivity index (χ0) is 18.6. The maximum absolute atomic E-state index is 11.1. The largest absolute Gasteiger partial charge is 0.478 e. The van der Waals surface area contributed by atoms with Crippen molar-refractivity contribution in [3.63, 3.8) is 0 Å². The van der Waals surface area contributed by atoms with Gasteiger partial charge in [0.05, 0.1) is 29.3 Å². The lowest BCUT2D eigenvalue weighted by molar-refractivity contribution is 0.0697. The highest BCUT2D eigenvalue weighted by Crippen LogP contribution is 2.27. The van der Waals surface area contributed by atoms with Gasteiger partial charge in [0.1, 0.15) is 0 Å². The molecule has 0 fully saturated rings. The van der Waals surface area contributed by atoms with Crippen LogP contribution >= 0.6 is 11.8 Å². The minimum absolute atomic E-state index is 0.287. The Morgan fingerprint density at radius 1 is 1.00 bits per heavy atom. The molecule has 2 aromatic heterocycles. The Balaban J connectivity index is 1.64. The third-order valence-electron chi connectivity index (χ3n) is 4.27. The first-order chi connectivity index (χ1) is 13.2. The number of carboxylic acids is 1. The van der Waals surface area contributed by atoms with E-state index in [2.05, 4.69) is 21.7 Å². The van der Waals surface area contributed by atoms with Gasteiger partial charge in [-0.15, -0.1) is 0 Å². The molecule has 0 radical (unpaired) electrons. The SMILES string of the molecule is O=C(O)c1ccc(Cn2c(SCc3ccccc3)nc3ccncc32)cc1. The van der Waals surface area contributed by atoms with E-state index in [1.165, 1.54) is 5.56 Å². The van der Waals surface area contributed by atoms with Gasteiger partial charge in [0.15, 0.2) is 5.16 Å². The standard InChI is InChI=1S/C21H17N3O2S/c25-20(26)17-8-6-15(7-9-17)13-24-19-12-22-11-10-18(19)23-21(24)27-14-16-4-2-1-3-5-16/h1-12H,13-14H2,(H,25,26). The molecule has 0 unspecified atom stereocenters. The van der Waals surface area contributed by atoms with Crippen LogP contribution in [0.25, 0.3) is 11.0 Å². The number of aromatic carboxylic acids is 1. The van der Waals surface area contributed by atoms with Crippen LogP contribution in [-0.4, -0.2) is 25.6 Å². The second kappa shape index (κ2) is 7.63. The Hall–Kier alpha value is -3.12. The first-order valence-corrected chi connectivity index (χ1v) is 9.48. The van der Waals surface area contributed by atoms with E-state index in [9.17, 15) is 4.79 Å². The molecule has 134 valence electrons. The number of hydrogen-bond donors (Lipinski definition) is 1. The number of hydrogen-bond acceptors (Lipinski definition) is 4. The van der Waals surface area contributed by atoms with Crippen LogP contribution < -0.4 is 0 Å². The molecule has 2 aromatic carbocycles. The lowest BCUT2D eigenvalue weighted by Crippen LogP contribution is -2.03. The van der Waals surface area contributed by atoms with Gasteiger partial charge in [0, 0.05) is 11.9 Å². The van der Waals surface area contributed by atoms with Gasteiger partial charge >= 0.3 is 5.97 Å². The maximum atomic E-state index is 11.1. The molecule has 0 saturated carbocycles. The van der Waals surface area contributed by atoms with Gasteiger partial charge in [-0.1, -0.05) is 54.2 Å². The summed E-state index contributed by atoms with van der Waals surface area (Å²) < 4.78 is 2.13. The second-order valence-electron chi connectivity index (χ2n) is 6.12. The summed E-state index contributed by atoms with van der Waals surface area (Å²) in [5.41, 5.74) is 4.42. The molecule has 0 saturated heterocycles. The van der Waals surface area contributed by atoms with Crippen molar-refractivity contribution in [3.8, 4) is 0 Å². The van der Waals surface area contributed by atoms with Crippen LogP contribution in [0.5, 0.6) is 0 Å². The van der Waals surface area contributed by atoms with Crippen molar-refractivity contribution in [2.24, 2.45) is 0 Å². The van der Waals surface area contributed by atoms with E-state index in [0.717, 1.165) is 27.5 Å². The zero-order valence-electron chi connectivity index (χ0n) is 14.4. The summed E-state index contributed by atoms with van der Waals surface area (Å²) in [6.07, 6.45) is 3.56. The van der Waals surface area contributed by atoms with Gasteiger partial charge in [-0.3, -0.25) is 4.98 Å². The van der Waals surface area contributed by atoms with E-state index < -0.39 is 5.97 Å². The van der Waals surface area contributed by atoms with Crippen molar-refractivity contribution < 1.29 is 9.90 Å². The maximum Gasteiger partial charge on any atom is 0.335 e. The fourth-order valence-corrected chi connectivity index (χ4v) is 3.84. The summed E-state index contributed by atoms with van der Waals surface area (Å²) in [5.74, 6) is -0.0897. The molecule has 27 heavy (non-hydrogen) atoms. The third kappa shape index (κ3) is 3.85. The predicted molar refractivity (Wildman–Crippen MR) is 106 cm³/mol. The minimum Gasteiger partial charge on any atom is -0.478 e. The monoisotopic (exact) mass is 375 g/mol. The molecule has 0 amide bonds. The number of benzene rings is 2. The zero-order valence-corrected chi connectivity index (χ0v) is 15.3. The molecule has 0 aliphatic heterocycles. The van der Waals surface area contributed by atoms with Gasteiger partial charge in [0.2, 0.25) is 0 Å². The molecular formula is C21H17N3O2S. The van der Waals surface area contributed by atoms with Crippen LogP contribution in [0, 0.1) is 0 Å². The number of carboxylic acid groups (broad SMARTS) is 1. The molecule has 4 rings (SSSR count). The van der Waals surface area contributed by atoms with Crippen molar-refractivity contribution in [3.05, 3.63) is 89.7 Å². The summed E-state index contributed by atoms with van der Waals surface area (Å²) in [6.45, 7) is 0.610. The van der Waals surface area contributed by atoms with E-state index in [1.54, 1.807) is 30.1 Å². The topological polar surface area (TPSA) is 68.0 Å². The average Bonchev–Trinajstić information content (AvgIpc) is 3.05. The molecule has 6 heteroatoms. The van der Waals surface area contributed by atoms with E-state index >= 15 is 0 Å². The van der Waals surface area contributed by atoms with Crippen molar-refractivity contribution >= 4 is 28.8 Å².